The maximum absolute atomic E-state index is 12.0. The summed E-state index contributed by atoms with van der Waals surface area (Å²) in [6.45, 7) is 3.73. The number of carbonyl (C=O) groups is 1. The third kappa shape index (κ3) is 2.28. The number of rotatable bonds is 2. The molecule has 0 atom stereocenters. The molecule has 0 fully saturated rings. The summed E-state index contributed by atoms with van der Waals surface area (Å²) in [6.07, 6.45) is 1.35. The van der Waals surface area contributed by atoms with Crippen LogP contribution in [0.25, 0.3) is 0 Å². The van der Waals surface area contributed by atoms with Gasteiger partial charge >= 0.3 is 0 Å². The largest absolute Gasteiger partial charge is 0.397 e. The lowest BCUT2D eigenvalue weighted by Gasteiger charge is -2.06. The summed E-state index contributed by atoms with van der Waals surface area (Å²) < 4.78 is 0. The van der Waals surface area contributed by atoms with Gasteiger partial charge in [0.2, 0.25) is 0 Å². The summed E-state index contributed by atoms with van der Waals surface area (Å²) in [5, 5.41) is 9.65. The second-order valence-electron chi connectivity index (χ2n) is 3.87. The molecule has 0 aromatic carbocycles. The average Bonchev–Trinajstić information content (AvgIpc) is 2.64. The van der Waals surface area contributed by atoms with Crippen molar-refractivity contribution in [2.24, 2.45) is 0 Å². The lowest BCUT2D eigenvalue weighted by molar-refractivity contribution is 0.102. The molecule has 0 saturated heterocycles. The number of carbonyl (C=O) groups excluding carboxylic acids is 1. The Morgan fingerprint density at radius 2 is 2.22 bits per heavy atom. The van der Waals surface area contributed by atoms with Crippen LogP contribution < -0.4 is 11.1 Å². The summed E-state index contributed by atoms with van der Waals surface area (Å²) in [7, 11) is 0. The van der Waals surface area contributed by atoms with E-state index in [2.05, 4.69) is 20.5 Å². The third-order valence-corrected chi connectivity index (χ3v) is 2.84. The molecule has 0 radical (unpaired) electrons. The van der Waals surface area contributed by atoms with E-state index in [0.717, 1.165) is 11.3 Å². The maximum Gasteiger partial charge on any atom is 0.259 e. The van der Waals surface area contributed by atoms with E-state index in [-0.39, 0.29) is 22.3 Å². The Morgan fingerprint density at radius 3 is 2.83 bits per heavy atom. The molecule has 0 bridgehead atoms. The van der Waals surface area contributed by atoms with Crippen LogP contribution in [0.4, 0.5) is 11.5 Å². The fourth-order valence-electron chi connectivity index (χ4n) is 1.42. The van der Waals surface area contributed by atoms with Crippen LogP contribution in [-0.2, 0) is 0 Å². The summed E-state index contributed by atoms with van der Waals surface area (Å²) in [5.41, 5.74) is 7.99. The van der Waals surface area contributed by atoms with Crippen LogP contribution >= 0.6 is 11.6 Å². The molecule has 7 heteroatoms. The number of nitrogens with zero attached hydrogens (tertiary/aromatic N) is 2. The molecule has 0 aliphatic rings. The van der Waals surface area contributed by atoms with Crippen molar-refractivity contribution in [3.8, 4) is 0 Å². The number of amides is 1. The number of H-pyrrole nitrogens is 1. The number of halogens is 1. The quantitative estimate of drug-likeness (QED) is 0.723. The van der Waals surface area contributed by atoms with Crippen LogP contribution in [0.5, 0.6) is 0 Å². The van der Waals surface area contributed by atoms with E-state index >= 15 is 0 Å². The van der Waals surface area contributed by atoms with Crippen molar-refractivity contribution >= 4 is 29.0 Å². The molecule has 2 aromatic heterocycles. The predicted molar refractivity (Wildman–Crippen MR) is 69.7 cm³/mol. The van der Waals surface area contributed by atoms with Gasteiger partial charge in [-0.15, -0.1) is 0 Å². The van der Waals surface area contributed by atoms with E-state index in [0.29, 0.717) is 5.82 Å². The highest BCUT2D eigenvalue weighted by molar-refractivity contribution is 6.30. The zero-order valence-electron chi connectivity index (χ0n) is 9.91. The predicted octanol–water partition coefficient (Wildman–Crippen LogP) is 1.91. The number of aromatic nitrogens is 3. The molecule has 0 saturated carbocycles. The zero-order valence-corrected chi connectivity index (χ0v) is 10.7. The van der Waals surface area contributed by atoms with E-state index in [1.807, 2.05) is 13.8 Å². The molecular formula is C11H12ClN5O. The van der Waals surface area contributed by atoms with E-state index in [9.17, 15) is 4.79 Å². The van der Waals surface area contributed by atoms with Gasteiger partial charge in [0.15, 0.2) is 5.82 Å². The third-order valence-electron chi connectivity index (χ3n) is 2.63. The Bertz CT molecular complexity index is 607. The molecule has 1 amide bonds. The van der Waals surface area contributed by atoms with Gasteiger partial charge < -0.3 is 11.1 Å². The minimum atomic E-state index is -0.369. The number of hydrogen-bond donors (Lipinski definition) is 3. The van der Waals surface area contributed by atoms with Crippen LogP contribution in [0.15, 0.2) is 12.3 Å². The molecule has 0 aliphatic carbocycles. The molecule has 2 aromatic rings. The van der Waals surface area contributed by atoms with E-state index in [1.165, 1.54) is 12.3 Å². The number of nitrogen functional groups attached to an aromatic ring is 1. The molecule has 0 unspecified atom stereocenters. The molecule has 4 N–H and O–H groups in total. The summed E-state index contributed by atoms with van der Waals surface area (Å²) in [5.74, 6) is 0.108. The Balaban J connectivity index is 2.27. The normalized spacial score (nSPS) is 10.4. The number of nitrogens with two attached hydrogens (primary N) is 1. The second-order valence-corrected chi connectivity index (χ2v) is 4.26. The van der Waals surface area contributed by atoms with Crippen molar-refractivity contribution in [1.82, 2.24) is 15.2 Å². The van der Waals surface area contributed by atoms with E-state index in [4.69, 9.17) is 17.3 Å². The van der Waals surface area contributed by atoms with Gasteiger partial charge in [0.1, 0.15) is 5.15 Å². The highest BCUT2D eigenvalue weighted by atomic mass is 35.5. The fraction of sp³-hybridized carbons (Fsp3) is 0.182. The van der Waals surface area contributed by atoms with Crippen molar-refractivity contribution in [1.29, 1.82) is 0 Å². The smallest absolute Gasteiger partial charge is 0.259 e. The molecule has 0 spiro atoms. The number of hydrogen-bond acceptors (Lipinski definition) is 4. The second kappa shape index (κ2) is 4.66. The van der Waals surface area contributed by atoms with Gasteiger partial charge in [-0.3, -0.25) is 9.89 Å². The molecule has 94 valence electrons. The minimum absolute atomic E-state index is 0.212. The molecule has 2 heterocycles. The lowest BCUT2D eigenvalue weighted by atomic mass is 10.2. The van der Waals surface area contributed by atoms with Crippen molar-refractivity contribution in [3.05, 3.63) is 34.2 Å². The number of anilines is 2. The minimum Gasteiger partial charge on any atom is -0.397 e. The highest BCUT2D eigenvalue weighted by Crippen LogP contribution is 2.19. The monoisotopic (exact) mass is 265 g/mol. The maximum atomic E-state index is 12.0. The Labute approximate surface area is 109 Å². The van der Waals surface area contributed by atoms with E-state index < -0.39 is 0 Å². The van der Waals surface area contributed by atoms with E-state index in [1.54, 1.807) is 0 Å². The first kappa shape index (κ1) is 12.4. The fourth-order valence-corrected chi connectivity index (χ4v) is 1.58. The highest BCUT2D eigenvalue weighted by Gasteiger charge is 2.14. The molecular weight excluding hydrogens is 254 g/mol. The molecule has 18 heavy (non-hydrogen) atoms. The van der Waals surface area contributed by atoms with Crippen LogP contribution in [0.3, 0.4) is 0 Å². The van der Waals surface area contributed by atoms with Crippen molar-refractivity contribution < 1.29 is 4.79 Å². The average molecular weight is 266 g/mol. The van der Waals surface area contributed by atoms with Gasteiger partial charge in [0, 0.05) is 11.3 Å². The first-order valence-electron chi connectivity index (χ1n) is 5.23. The van der Waals surface area contributed by atoms with Crippen LogP contribution in [0.1, 0.15) is 21.6 Å². The summed E-state index contributed by atoms with van der Waals surface area (Å²) in [4.78, 5) is 15.8. The number of pyridine rings is 1. The standard InChI is InChI=1S/C11H12ClN5O/c1-5-6(2)16-17-10(5)15-11(18)7-3-9(12)14-4-8(7)13/h3-4H,13H2,1-2H3,(H2,15,16,17,18). The number of aryl methyl sites for hydroxylation is 1. The van der Waals surface area contributed by atoms with Crippen molar-refractivity contribution in [2.75, 3.05) is 11.1 Å². The lowest BCUT2D eigenvalue weighted by Crippen LogP contribution is -2.15. The Hall–Kier alpha value is -2.08. The first-order chi connectivity index (χ1) is 8.49. The van der Waals surface area contributed by atoms with Crippen molar-refractivity contribution in [2.45, 2.75) is 13.8 Å². The summed E-state index contributed by atoms with van der Waals surface area (Å²) in [6, 6.07) is 1.42. The summed E-state index contributed by atoms with van der Waals surface area (Å²) >= 11 is 5.73. The van der Waals surface area contributed by atoms with Crippen LogP contribution in [0, 0.1) is 13.8 Å². The SMILES string of the molecule is Cc1[nH]nc(NC(=O)c2cc(Cl)ncc2N)c1C. The number of nitrogens with one attached hydrogen (secondary N) is 2. The van der Waals surface area contributed by atoms with Gasteiger partial charge in [0.05, 0.1) is 17.4 Å². The van der Waals surface area contributed by atoms with Crippen LogP contribution in [0.2, 0.25) is 5.15 Å². The van der Waals surface area contributed by atoms with Crippen molar-refractivity contribution in [3.63, 3.8) is 0 Å². The van der Waals surface area contributed by atoms with Crippen LogP contribution in [-0.4, -0.2) is 21.1 Å². The van der Waals surface area contributed by atoms with Gasteiger partial charge in [-0.1, -0.05) is 11.6 Å². The number of aromatic amines is 1. The van der Waals surface area contributed by atoms with Gasteiger partial charge in [-0.05, 0) is 19.9 Å². The Kier molecular flexibility index (Phi) is 3.20. The molecule has 6 nitrogen and oxygen atoms in total. The molecule has 2 rings (SSSR count). The Morgan fingerprint density at radius 1 is 1.50 bits per heavy atom. The van der Waals surface area contributed by atoms with Gasteiger partial charge in [-0.2, -0.15) is 5.10 Å². The first-order valence-corrected chi connectivity index (χ1v) is 5.60. The topological polar surface area (TPSA) is 96.7 Å². The van der Waals surface area contributed by atoms with Gasteiger partial charge in [-0.25, -0.2) is 4.98 Å². The zero-order chi connectivity index (χ0) is 13.3. The van der Waals surface area contributed by atoms with Gasteiger partial charge in [0.25, 0.3) is 5.91 Å². The molecule has 0 aliphatic heterocycles.